The zero-order valence-electron chi connectivity index (χ0n) is 36.2. The Balaban J connectivity index is 0.00000871. The molecule has 5 aliphatic heterocycles. The smallest absolute Gasteiger partial charge is 0.0851 e. The molecule has 0 aromatic carbocycles. The van der Waals surface area contributed by atoms with Crippen molar-refractivity contribution in [3.63, 3.8) is 0 Å². The summed E-state index contributed by atoms with van der Waals surface area (Å²) in [5.74, 6) is -13.5. The minimum absolute atomic E-state index is 0. The van der Waals surface area contributed by atoms with Gasteiger partial charge in [-0.3, -0.25) is 15.0 Å². The van der Waals surface area contributed by atoms with E-state index in [2.05, 4.69) is 0 Å². The average Bonchev–Trinajstić information content (AvgIpc) is 3.72. The van der Waals surface area contributed by atoms with Gasteiger partial charge in [-0.1, -0.05) is 39.3 Å². The summed E-state index contributed by atoms with van der Waals surface area (Å²) in [7, 11) is 0. The first-order valence-electron chi connectivity index (χ1n) is 20.7. The number of rotatable bonds is 18. The van der Waals surface area contributed by atoms with E-state index in [4.69, 9.17) is 20.3 Å². The van der Waals surface area contributed by atoms with Crippen LogP contribution in [0.25, 0.3) is 5.32 Å². The molecule has 18 nitrogen and oxygen atoms in total. The molecular weight excluding hydrogens is 867 g/mol. The van der Waals surface area contributed by atoms with Gasteiger partial charge in [0.15, 0.2) is 0 Å². The minimum Gasteiger partial charge on any atom is -0.680 e. The summed E-state index contributed by atoms with van der Waals surface area (Å²) in [5.41, 5.74) is -5.27. The Hall–Kier alpha value is -5.17. The van der Waals surface area contributed by atoms with Crippen molar-refractivity contribution in [1.29, 1.82) is 0 Å². The number of carboxylic acid groups (broad SMARTS) is 7. The Morgan fingerprint density at radius 2 is 1.33 bits per heavy atom. The first kappa shape index (κ1) is 50.5. The van der Waals surface area contributed by atoms with Crippen LogP contribution in [-0.4, -0.2) is 76.0 Å². The number of allylic oxidation sites excluding steroid dienone is 4. The largest absolute Gasteiger partial charge is 0.680 e. The third-order valence-corrected chi connectivity index (χ3v) is 14.7. The number of nitrogens with zero attached hydrogens (tertiary/aromatic N) is 4. The predicted octanol–water partition coefficient (Wildman–Crippen LogP) is -3.09. The quantitative estimate of drug-likeness (QED) is 0.132. The van der Waals surface area contributed by atoms with E-state index >= 15 is 0 Å². The number of aliphatic carboxylic acids is 7. The predicted molar refractivity (Wildman–Crippen MR) is 205 cm³/mol. The molecule has 0 aromatic rings. The zero-order valence-corrected chi connectivity index (χ0v) is 37.3. The average molecular weight is 918 g/mol. The fourth-order valence-electron chi connectivity index (χ4n) is 11.1. The van der Waals surface area contributed by atoms with Crippen molar-refractivity contribution in [2.24, 2.45) is 49.0 Å². The summed E-state index contributed by atoms with van der Waals surface area (Å²) >= 11 is 0. The van der Waals surface area contributed by atoms with Crippen LogP contribution >= 0.6 is 0 Å². The Labute approximate surface area is 375 Å². The standard InChI is InChI=1S/C44H58N4O14.Co/c1-21-37-23(8-11-30(49)50)22(2)43(6,48-37)18-28-24(9-12-31(51)52)41(4,19-35(59)60)29(45-28)17-27-25(10-13-32(53)54)42(5,20-36(61)62)44(7,47-27)39-26(16-34(57)58)40(3,38(21)46-39)15-14-33(55)56;/h17,21,25-26,39H,8-16,18-20H2,1-7H3,(H8,45,47,49,50,51,52,53,54,55,56,57,58,59,60,61,62);/p-8/t21?,25-,26+,39-,40-,41+,42+,43+,44+;/m1./s1. The molecular formula is C44H50CoN4O14-8. The maximum atomic E-state index is 12.8. The van der Waals surface area contributed by atoms with Crippen molar-refractivity contribution in [1.82, 2.24) is 0 Å². The molecule has 19 heteroatoms. The Kier molecular flexibility index (Phi) is 14.5. The molecule has 0 aromatic heterocycles. The van der Waals surface area contributed by atoms with Crippen molar-refractivity contribution < 1.29 is 86.1 Å². The maximum Gasteiger partial charge on any atom is 0.0851 e. The van der Waals surface area contributed by atoms with Gasteiger partial charge in [-0.2, -0.15) is 5.70 Å². The summed E-state index contributed by atoms with van der Waals surface area (Å²) in [6, 6.07) is -1.27. The van der Waals surface area contributed by atoms with Crippen LogP contribution in [-0.2, 0) is 50.3 Å². The van der Waals surface area contributed by atoms with Crippen LogP contribution in [0.2, 0.25) is 0 Å². The number of hydrogen-bond donors (Lipinski definition) is 0. The molecule has 5 aliphatic rings. The Morgan fingerprint density at radius 1 is 0.762 bits per heavy atom. The Morgan fingerprint density at radius 3 is 1.87 bits per heavy atom. The summed E-state index contributed by atoms with van der Waals surface area (Å²) < 4.78 is 0. The topological polar surface area (TPSA) is 332 Å². The number of carbonyl (C=O) groups is 7. The van der Waals surface area contributed by atoms with E-state index in [0.29, 0.717) is 22.4 Å². The number of fused-ring (bicyclic) bond motifs is 6. The van der Waals surface area contributed by atoms with E-state index in [1.165, 1.54) is 19.9 Å². The van der Waals surface area contributed by atoms with Crippen LogP contribution < -0.4 is 35.7 Å². The molecule has 0 aliphatic carbocycles. The SMILES string of the molecule is CC1=C(CCC(=O)[O-])C2=N[C@@]1(C)CC1=C(CCC(=O)[O-])[C@](C)(CC(=O)[O-])C(=N1)/C=C1\[N-][C@@](C)([C@@H]3N=C(C2C)[C@](C)(CCC(=O)[O-])[C@H]3CC(=O)[O-])[C@@](C)(CC(=O)[O-])[C@@H]1CCC(=O)[O-].[Co]. The molecule has 9 atom stereocenters. The van der Waals surface area contributed by atoms with E-state index in [0.717, 1.165) is 0 Å². The van der Waals surface area contributed by atoms with Crippen molar-refractivity contribution in [3.05, 3.63) is 39.5 Å². The normalized spacial score (nSPS) is 34.0. The van der Waals surface area contributed by atoms with Gasteiger partial charge in [0.25, 0.3) is 0 Å². The monoisotopic (exact) mass is 917 g/mol. The Bertz CT molecular complexity index is 2190. The first-order valence-corrected chi connectivity index (χ1v) is 20.7. The van der Waals surface area contributed by atoms with Crippen molar-refractivity contribution in [2.75, 3.05) is 0 Å². The molecule has 1 radical (unpaired) electrons. The second-order valence-corrected chi connectivity index (χ2v) is 18.5. The maximum absolute atomic E-state index is 12.8. The van der Waals surface area contributed by atoms with E-state index in [-0.39, 0.29) is 71.7 Å². The fourth-order valence-corrected chi connectivity index (χ4v) is 11.1. The molecule has 1 saturated heterocycles. The van der Waals surface area contributed by atoms with Gasteiger partial charge >= 0.3 is 0 Å². The third-order valence-electron chi connectivity index (χ3n) is 14.7. The minimum atomic E-state index is -1.76. The molecule has 347 valence electrons. The second kappa shape index (κ2) is 18.1. The molecule has 0 saturated carbocycles. The molecule has 0 N–H and O–H groups in total. The van der Waals surface area contributed by atoms with E-state index in [1.54, 1.807) is 34.6 Å². The molecule has 1 fully saturated rings. The van der Waals surface area contributed by atoms with Crippen LogP contribution in [0.5, 0.6) is 0 Å². The van der Waals surface area contributed by atoms with Crippen molar-refractivity contribution in [2.45, 2.75) is 143 Å². The number of hydrogen-bond acceptors (Lipinski definition) is 17. The van der Waals surface area contributed by atoms with Crippen molar-refractivity contribution >= 4 is 58.9 Å². The van der Waals surface area contributed by atoms with Gasteiger partial charge in [0.2, 0.25) is 0 Å². The second-order valence-electron chi connectivity index (χ2n) is 18.5. The fraction of sp³-hybridized carbons (Fsp3) is 0.636. The number of carbonyl (C=O) groups excluding carboxylic acids is 7. The van der Waals surface area contributed by atoms with Gasteiger partial charge in [0.05, 0.1) is 5.54 Å². The van der Waals surface area contributed by atoms with Crippen LogP contribution in [0.3, 0.4) is 0 Å². The van der Waals surface area contributed by atoms with Gasteiger partial charge in [0, 0.05) is 117 Å². The van der Waals surface area contributed by atoms with Crippen LogP contribution in [0, 0.1) is 34.0 Å². The molecule has 63 heavy (non-hydrogen) atoms. The van der Waals surface area contributed by atoms with Gasteiger partial charge in [-0.25, -0.2) is 0 Å². The van der Waals surface area contributed by atoms with Gasteiger partial charge in [-0.05, 0) is 119 Å². The molecule has 1 unspecified atom stereocenters. The van der Waals surface area contributed by atoms with Gasteiger partial charge in [0.1, 0.15) is 0 Å². The first-order chi connectivity index (χ1) is 28.6. The van der Waals surface area contributed by atoms with Crippen molar-refractivity contribution in [3.8, 4) is 0 Å². The molecule has 0 amide bonds. The van der Waals surface area contributed by atoms with E-state index in [1.807, 2.05) is 0 Å². The number of carboxylic acids is 7. The molecule has 5 heterocycles. The molecule has 0 spiro atoms. The van der Waals surface area contributed by atoms with Gasteiger partial charge < -0.3 is 74.6 Å². The summed E-state index contributed by atoms with van der Waals surface area (Å²) in [4.78, 5) is 102. The zero-order chi connectivity index (χ0) is 46.5. The summed E-state index contributed by atoms with van der Waals surface area (Å²) in [5, 5.41) is 91.4. The van der Waals surface area contributed by atoms with E-state index < -0.39 is 138 Å². The third kappa shape index (κ3) is 9.26. The summed E-state index contributed by atoms with van der Waals surface area (Å²) in [6.07, 6.45) is -3.78. The summed E-state index contributed by atoms with van der Waals surface area (Å²) in [6.45, 7) is 11.4. The molecule has 5 rings (SSSR count). The van der Waals surface area contributed by atoms with Crippen LogP contribution in [0.4, 0.5) is 0 Å². The van der Waals surface area contributed by atoms with Crippen LogP contribution in [0.15, 0.2) is 49.2 Å². The molecule has 8 bridgehead atoms. The number of aliphatic imine (C=N–C) groups is 3. The van der Waals surface area contributed by atoms with Crippen LogP contribution in [0.1, 0.15) is 126 Å². The van der Waals surface area contributed by atoms with E-state index in [9.17, 15) is 69.3 Å². The van der Waals surface area contributed by atoms with Gasteiger partial charge in [-0.15, -0.1) is 0 Å².